The van der Waals surface area contributed by atoms with Crippen LogP contribution in [-0.4, -0.2) is 52.4 Å². The fourth-order valence-electron chi connectivity index (χ4n) is 4.32. The Morgan fingerprint density at radius 3 is 2.55 bits per heavy atom. The van der Waals surface area contributed by atoms with E-state index in [9.17, 15) is 14.4 Å². The Morgan fingerprint density at radius 2 is 1.74 bits per heavy atom. The van der Waals surface area contributed by atoms with Gasteiger partial charge >= 0.3 is 0 Å². The molecule has 0 bridgehead atoms. The molecule has 0 spiro atoms. The average Bonchev–Trinajstić information content (AvgIpc) is 3.30. The summed E-state index contributed by atoms with van der Waals surface area (Å²) in [6, 6.07) is 23.3. The van der Waals surface area contributed by atoms with Crippen LogP contribution >= 0.6 is 11.8 Å². The van der Waals surface area contributed by atoms with Gasteiger partial charge in [-0.15, -0.1) is 0 Å². The van der Waals surface area contributed by atoms with Gasteiger partial charge in [0.2, 0.25) is 5.91 Å². The Bertz CT molecular complexity index is 1440. The van der Waals surface area contributed by atoms with E-state index in [4.69, 9.17) is 9.73 Å². The minimum absolute atomic E-state index is 0.0504. The fourth-order valence-corrected chi connectivity index (χ4v) is 5.22. The number of fused-ring (bicyclic) bond motifs is 3. The fraction of sp³-hybridized carbons (Fsp3) is 0.207. The van der Waals surface area contributed by atoms with Gasteiger partial charge in [0.1, 0.15) is 17.6 Å². The number of aliphatic imine (C=N–C) groups is 2. The van der Waals surface area contributed by atoms with Crippen LogP contribution in [0.5, 0.6) is 5.75 Å². The van der Waals surface area contributed by atoms with Crippen LogP contribution in [-0.2, 0) is 16.1 Å². The lowest BCUT2D eigenvalue weighted by atomic mass is 10.1. The zero-order valence-electron chi connectivity index (χ0n) is 20.8. The van der Waals surface area contributed by atoms with E-state index in [2.05, 4.69) is 10.3 Å². The van der Waals surface area contributed by atoms with E-state index in [0.717, 1.165) is 11.1 Å². The second kappa shape index (κ2) is 11.4. The van der Waals surface area contributed by atoms with E-state index in [1.165, 1.54) is 16.7 Å². The second-order valence-corrected chi connectivity index (χ2v) is 9.70. The molecule has 8 nitrogen and oxygen atoms in total. The standard InChI is InChI=1S/C29H26N4O4S/c1-37-25-14-8-5-11-20(25)17-30-26(35)16-15-23-28(36)33-27(31-23)21-12-6-7-13-22(21)32-29(33)38-18-24(34)19-9-3-2-4-10-19/h2-14,23H,15-18H2,1H3,(H,30,35)/t23-/m0/s1. The van der Waals surface area contributed by atoms with Gasteiger partial charge in [-0.25, -0.2) is 9.89 Å². The summed E-state index contributed by atoms with van der Waals surface area (Å²) in [5.41, 5.74) is 2.93. The highest BCUT2D eigenvalue weighted by Gasteiger charge is 2.41. The van der Waals surface area contributed by atoms with Crippen LogP contribution < -0.4 is 10.1 Å². The van der Waals surface area contributed by atoms with Gasteiger partial charge in [0.25, 0.3) is 5.91 Å². The smallest absolute Gasteiger partial charge is 0.259 e. The maximum atomic E-state index is 13.4. The van der Waals surface area contributed by atoms with Crippen LogP contribution in [0.15, 0.2) is 88.8 Å². The number of carbonyl (C=O) groups excluding carboxylic acids is 3. The molecule has 2 heterocycles. The molecule has 1 atom stereocenters. The van der Waals surface area contributed by atoms with Crippen molar-refractivity contribution in [2.24, 2.45) is 9.98 Å². The topological polar surface area (TPSA) is 100 Å². The number of hydrogen-bond donors (Lipinski definition) is 1. The third-order valence-electron chi connectivity index (χ3n) is 6.29. The number of nitrogens with zero attached hydrogens (tertiary/aromatic N) is 3. The van der Waals surface area contributed by atoms with Gasteiger partial charge in [-0.1, -0.05) is 72.4 Å². The molecule has 2 aliphatic rings. The van der Waals surface area contributed by atoms with Gasteiger partial charge in [-0.3, -0.25) is 19.4 Å². The molecule has 2 amide bonds. The van der Waals surface area contributed by atoms with Crippen molar-refractivity contribution in [3.63, 3.8) is 0 Å². The van der Waals surface area contributed by atoms with Crippen molar-refractivity contribution in [1.82, 2.24) is 10.2 Å². The van der Waals surface area contributed by atoms with Crippen molar-refractivity contribution in [3.8, 4) is 5.75 Å². The summed E-state index contributed by atoms with van der Waals surface area (Å²) in [6.45, 7) is 0.332. The van der Waals surface area contributed by atoms with E-state index in [0.29, 0.717) is 34.5 Å². The Labute approximate surface area is 224 Å². The number of Topliss-reactive ketones (excluding diaryl/α,β-unsaturated/α-hetero) is 1. The lowest BCUT2D eigenvalue weighted by Crippen LogP contribution is -2.41. The Morgan fingerprint density at radius 1 is 1.00 bits per heavy atom. The van der Waals surface area contributed by atoms with Gasteiger partial charge < -0.3 is 10.1 Å². The van der Waals surface area contributed by atoms with Crippen LogP contribution in [0.3, 0.4) is 0 Å². The third-order valence-corrected chi connectivity index (χ3v) is 7.23. The SMILES string of the molecule is COc1ccccc1CNC(=O)CC[C@@H]1N=C2c3ccccc3N=C(SCC(=O)c3ccccc3)N2C1=O. The van der Waals surface area contributed by atoms with E-state index in [1.807, 2.05) is 66.7 Å². The van der Waals surface area contributed by atoms with Crippen LogP contribution in [0.4, 0.5) is 5.69 Å². The number of thioether (sulfide) groups is 1. The summed E-state index contributed by atoms with van der Waals surface area (Å²) in [4.78, 5) is 49.6. The maximum Gasteiger partial charge on any atom is 0.259 e. The van der Waals surface area contributed by atoms with Crippen molar-refractivity contribution < 1.29 is 19.1 Å². The minimum Gasteiger partial charge on any atom is -0.496 e. The Hall–Kier alpha value is -4.24. The molecule has 0 radical (unpaired) electrons. The summed E-state index contributed by atoms with van der Waals surface area (Å²) in [5.74, 6) is 0.880. The van der Waals surface area contributed by atoms with Crippen LogP contribution in [0.1, 0.15) is 34.3 Å². The molecule has 192 valence electrons. The largest absolute Gasteiger partial charge is 0.496 e. The first-order valence-corrected chi connectivity index (χ1v) is 13.2. The van der Waals surface area contributed by atoms with Gasteiger partial charge in [0.05, 0.1) is 18.6 Å². The molecular formula is C29H26N4O4S. The van der Waals surface area contributed by atoms with Crippen molar-refractivity contribution in [2.75, 3.05) is 12.9 Å². The number of nitrogens with one attached hydrogen (secondary N) is 1. The van der Waals surface area contributed by atoms with Gasteiger partial charge in [-0.2, -0.15) is 0 Å². The van der Waals surface area contributed by atoms with Gasteiger partial charge in [0.15, 0.2) is 11.0 Å². The molecule has 3 aromatic rings. The number of ketones is 1. The summed E-state index contributed by atoms with van der Waals surface area (Å²) in [5, 5.41) is 3.31. The van der Waals surface area contributed by atoms with E-state index in [-0.39, 0.29) is 36.2 Å². The molecule has 1 N–H and O–H groups in total. The number of amidine groups is 2. The molecule has 0 saturated heterocycles. The molecule has 0 fully saturated rings. The molecule has 3 aromatic carbocycles. The predicted octanol–water partition coefficient (Wildman–Crippen LogP) is 4.37. The van der Waals surface area contributed by atoms with Gasteiger partial charge in [-0.05, 0) is 24.6 Å². The predicted molar refractivity (Wildman–Crippen MR) is 148 cm³/mol. The van der Waals surface area contributed by atoms with E-state index in [1.54, 1.807) is 19.2 Å². The zero-order valence-corrected chi connectivity index (χ0v) is 21.6. The monoisotopic (exact) mass is 526 g/mol. The van der Waals surface area contributed by atoms with E-state index < -0.39 is 6.04 Å². The maximum absolute atomic E-state index is 13.4. The molecule has 2 aliphatic heterocycles. The summed E-state index contributed by atoms with van der Waals surface area (Å²) in [7, 11) is 1.59. The van der Waals surface area contributed by atoms with Crippen molar-refractivity contribution in [2.45, 2.75) is 25.4 Å². The number of rotatable bonds is 9. The quantitative estimate of drug-likeness (QED) is 0.418. The second-order valence-electron chi connectivity index (χ2n) is 8.76. The summed E-state index contributed by atoms with van der Waals surface area (Å²) in [6.07, 6.45) is 0.406. The molecular weight excluding hydrogens is 500 g/mol. The van der Waals surface area contributed by atoms with Crippen molar-refractivity contribution >= 4 is 46.1 Å². The molecule has 9 heteroatoms. The number of amides is 2. The minimum atomic E-state index is -0.705. The Kier molecular flexibility index (Phi) is 7.65. The number of carbonyl (C=O) groups is 3. The summed E-state index contributed by atoms with van der Waals surface area (Å²) >= 11 is 1.21. The van der Waals surface area contributed by atoms with E-state index >= 15 is 0 Å². The van der Waals surface area contributed by atoms with Gasteiger partial charge in [0, 0.05) is 29.7 Å². The average molecular weight is 527 g/mol. The van der Waals surface area contributed by atoms with Crippen molar-refractivity contribution in [3.05, 3.63) is 95.6 Å². The first kappa shape index (κ1) is 25.4. The van der Waals surface area contributed by atoms with Crippen molar-refractivity contribution in [1.29, 1.82) is 0 Å². The number of methoxy groups -OCH3 is 1. The number of para-hydroxylation sites is 2. The first-order valence-electron chi connectivity index (χ1n) is 12.2. The highest BCUT2D eigenvalue weighted by Crippen LogP contribution is 2.34. The number of benzene rings is 3. The molecule has 0 saturated carbocycles. The lowest BCUT2D eigenvalue weighted by molar-refractivity contribution is -0.125. The molecule has 0 aromatic heterocycles. The Balaban J connectivity index is 1.26. The number of hydrogen-bond acceptors (Lipinski definition) is 7. The normalized spacial score (nSPS) is 15.8. The lowest BCUT2D eigenvalue weighted by Gasteiger charge is -2.25. The number of ether oxygens (including phenoxy) is 1. The zero-order chi connectivity index (χ0) is 26.5. The van der Waals surface area contributed by atoms with Crippen LogP contribution in [0, 0.1) is 0 Å². The third kappa shape index (κ3) is 5.38. The highest BCUT2D eigenvalue weighted by molar-refractivity contribution is 8.14. The molecule has 0 aliphatic carbocycles. The highest BCUT2D eigenvalue weighted by atomic mass is 32.2. The van der Waals surface area contributed by atoms with Crippen LogP contribution in [0.25, 0.3) is 0 Å². The molecule has 38 heavy (non-hydrogen) atoms. The summed E-state index contributed by atoms with van der Waals surface area (Å²) < 4.78 is 5.33. The molecule has 0 unspecified atom stereocenters. The first-order chi connectivity index (χ1) is 18.5. The molecule has 5 rings (SSSR count). The van der Waals surface area contributed by atoms with Crippen LogP contribution in [0.2, 0.25) is 0 Å².